The maximum absolute atomic E-state index is 12.9. The van der Waals surface area contributed by atoms with Gasteiger partial charge in [0.2, 0.25) is 5.91 Å². The molecule has 164 valence electrons. The molecular weight excluding hydrogens is 418 g/mol. The molecule has 2 heterocycles. The average molecular weight is 444 g/mol. The van der Waals surface area contributed by atoms with Crippen LogP contribution in [0.15, 0.2) is 53.4 Å². The lowest BCUT2D eigenvalue weighted by atomic mass is 10.1. The number of ether oxygens (including phenoxy) is 1. The maximum atomic E-state index is 12.9. The van der Waals surface area contributed by atoms with E-state index in [2.05, 4.69) is 10.0 Å². The van der Waals surface area contributed by atoms with Gasteiger partial charge >= 0.3 is 0 Å². The van der Waals surface area contributed by atoms with E-state index < -0.39 is 10.0 Å². The van der Waals surface area contributed by atoms with Crippen LogP contribution in [0.5, 0.6) is 0 Å². The summed E-state index contributed by atoms with van der Waals surface area (Å²) in [6.07, 6.45) is 3.17. The van der Waals surface area contributed by atoms with Crippen LogP contribution < -0.4 is 14.9 Å². The first kappa shape index (κ1) is 21.3. The topological polar surface area (TPSA) is 105 Å². The summed E-state index contributed by atoms with van der Waals surface area (Å²) >= 11 is 0. The second-order valence-electron chi connectivity index (χ2n) is 7.64. The molecule has 9 heteroatoms. The molecule has 0 bridgehead atoms. The lowest BCUT2D eigenvalue weighted by Crippen LogP contribution is -2.32. The molecule has 0 aromatic heterocycles. The van der Waals surface area contributed by atoms with E-state index in [1.54, 1.807) is 41.3 Å². The number of carbonyl (C=O) groups excluding carboxylic acids is 2. The van der Waals surface area contributed by atoms with E-state index in [4.69, 9.17) is 4.74 Å². The van der Waals surface area contributed by atoms with Crippen LogP contribution in [-0.4, -0.2) is 46.0 Å². The number of hydrogen-bond acceptors (Lipinski definition) is 5. The van der Waals surface area contributed by atoms with Gasteiger partial charge in [0.05, 0.1) is 22.3 Å². The minimum Gasteiger partial charge on any atom is -0.376 e. The molecule has 0 radical (unpaired) electrons. The Bertz CT molecular complexity index is 1060. The smallest absolute Gasteiger partial charge is 0.261 e. The molecule has 2 aliphatic rings. The summed E-state index contributed by atoms with van der Waals surface area (Å²) in [6, 6.07) is 12.6. The second-order valence-corrected chi connectivity index (χ2v) is 9.32. The van der Waals surface area contributed by atoms with Crippen LogP contribution in [0.3, 0.4) is 0 Å². The van der Waals surface area contributed by atoms with Crippen molar-refractivity contribution in [2.75, 3.05) is 29.3 Å². The quantitative estimate of drug-likeness (QED) is 0.684. The van der Waals surface area contributed by atoms with E-state index >= 15 is 0 Å². The molecular formula is C22H25N3O5S. The standard InChI is InChI=1S/C22H25N3O5S/c26-21-8-3-13-25(21)16-9-11-18(12-10-16)31(28,29)24-20-7-2-1-6-19(20)22(27)23-15-17-5-4-14-30-17/h1-2,6-7,9-12,17,24H,3-5,8,13-15H2,(H,23,27). The van der Waals surface area contributed by atoms with Crippen LogP contribution in [-0.2, 0) is 19.6 Å². The zero-order chi connectivity index (χ0) is 21.8. The third-order valence-corrected chi connectivity index (χ3v) is 6.84. The molecule has 0 saturated carbocycles. The summed E-state index contributed by atoms with van der Waals surface area (Å²) in [5.74, 6) is -0.326. The Hall–Kier alpha value is -2.91. The third kappa shape index (κ3) is 4.88. The van der Waals surface area contributed by atoms with E-state index in [0.717, 1.165) is 19.3 Å². The van der Waals surface area contributed by atoms with Gasteiger partial charge in [-0.25, -0.2) is 8.42 Å². The molecule has 1 unspecified atom stereocenters. The first-order valence-corrected chi connectivity index (χ1v) is 11.8. The highest BCUT2D eigenvalue weighted by Gasteiger charge is 2.23. The molecule has 31 heavy (non-hydrogen) atoms. The van der Waals surface area contributed by atoms with Gasteiger partial charge in [0, 0.05) is 31.8 Å². The minimum atomic E-state index is -3.91. The van der Waals surface area contributed by atoms with E-state index in [-0.39, 0.29) is 34.1 Å². The summed E-state index contributed by atoms with van der Waals surface area (Å²) in [5.41, 5.74) is 1.12. The Kier molecular flexibility index (Phi) is 6.24. The summed E-state index contributed by atoms with van der Waals surface area (Å²) in [4.78, 5) is 26.2. The molecule has 2 amide bonds. The minimum absolute atomic E-state index is 0.00573. The Labute approximate surface area is 181 Å². The fraction of sp³-hybridized carbons (Fsp3) is 0.364. The van der Waals surface area contributed by atoms with Crippen molar-refractivity contribution in [3.63, 3.8) is 0 Å². The largest absolute Gasteiger partial charge is 0.376 e. The number of nitrogens with one attached hydrogen (secondary N) is 2. The molecule has 2 saturated heterocycles. The van der Waals surface area contributed by atoms with Gasteiger partial charge in [-0.1, -0.05) is 12.1 Å². The first-order valence-electron chi connectivity index (χ1n) is 10.4. The van der Waals surface area contributed by atoms with Gasteiger partial charge in [-0.05, 0) is 55.7 Å². The second kappa shape index (κ2) is 9.07. The summed E-state index contributed by atoms with van der Waals surface area (Å²) in [7, 11) is -3.91. The normalized spacial score (nSPS) is 18.9. The maximum Gasteiger partial charge on any atom is 0.261 e. The first-order chi connectivity index (χ1) is 14.9. The van der Waals surface area contributed by atoms with Gasteiger partial charge in [0.15, 0.2) is 0 Å². The molecule has 2 aromatic rings. The predicted molar refractivity (Wildman–Crippen MR) is 117 cm³/mol. The van der Waals surface area contributed by atoms with Gasteiger partial charge in [-0.3, -0.25) is 14.3 Å². The van der Waals surface area contributed by atoms with E-state index in [9.17, 15) is 18.0 Å². The van der Waals surface area contributed by atoms with Gasteiger partial charge < -0.3 is 15.0 Å². The number of benzene rings is 2. The summed E-state index contributed by atoms with van der Waals surface area (Å²) in [5, 5.41) is 2.81. The van der Waals surface area contributed by atoms with Crippen LogP contribution in [0.25, 0.3) is 0 Å². The highest BCUT2D eigenvalue weighted by molar-refractivity contribution is 7.92. The molecule has 2 aromatic carbocycles. The van der Waals surface area contributed by atoms with Crippen molar-refractivity contribution >= 4 is 33.2 Å². The Morgan fingerprint density at radius 1 is 1.10 bits per heavy atom. The number of nitrogens with zero attached hydrogens (tertiary/aromatic N) is 1. The van der Waals surface area contributed by atoms with Crippen LogP contribution in [0.2, 0.25) is 0 Å². The Morgan fingerprint density at radius 2 is 1.87 bits per heavy atom. The van der Waals surface area contributed by atoms with Crippen LogP contribution in [0.4, 0.5) is 11.4 Å². The lowest BCUT2D eigenvalue weighted by molar-refractivity contribution is -0.117. The van der Waals surface area contributed by atoms with Crippen molar-refractivity contribution in [1.29, 1.82) is 0 Å². The van der Waals surface area contributed by atoms with Crippen molar-refractivity contribution in [2.24, 2.45) is 0 Å². The van der Waals surface area contributed by atoms with Gasteiger partial charge in [-0.2, -0.15) is 0 Å². The number of carbonyl (C=O) groups is 2. The molecule has 2 fully saturated rings. The Balaban J connectivity index is 1.47. The summed E-state index contributed by atoms with van der Waals surface area (Å²) in [6.45, 7) is 1.72. The lowest BCUT2D eigenvalue weighted by Gasteiger charge is -2.17. The number of rotatable bonds is 7. The van der Waals surface area contributed by atoms with Gasteiger partial charge in [0.25, 0.3) is 15.9 Å². The van der Waals surface area contributed by atoms with Gasteiger partial charge in [0.1, 0.15) is 0 Å². The fourth-order valence-electron chi connectivity index (χ4n) is 3.81. The predicted octanol–water partition coefficient (Wildman–Crippen LogP) is 2.52. The van der Waals surface area contributed by atoms with Crippen molar-refractivity contribution in [1.82, 2.24) is 5.32 Å². The number of sulfonamides is 1. The SMILES string of the molecule is O=C(NCC1CCCO1)c1ccccc1NS(=O)(=O)c1ccc(N2CCCC2=O)cc1. The number of amides is 2. The third-order valence-electron chi connectivity index (χ3n) is 5.46. The van der Waals surface area contributed by atoms with Crippen LogP contribution in [0.1, 0.15) is 36.0 Å². The van der Waals surface area contributed by atoms with E-state index in [0.29, 0.717) is 31.8 Å². The number of hydrogen-bond donors (Lipinski definition) is 2. The molecule has 0 spiro atoms. The molecule has 0 aliphatic carbocycles. The molecule has 2 aliphatic heterocycles. The number of para-hydroxylation sites is 1. The monoisotopic (exact) mass is 443 g/mol. The zero-order valence-electron chi connectivity index (χ0n) is 17.0. The summed E-state index contributed by atoms with van der Waals surface area (Å²) < 4.78 is 33.8. The molecule has 8 nitrogen and oxygen atoms in total. The average Bonchev–Trinajstić information content (AvgIpc) is 3.44. The van der Waals surface area contributed by atoms with E-state index in [1.165, 1.54) is 12.1 Å². The molecule has 2 N–H and O–H groups in total. The Morgan fingerprint density at radius 3 is 2.55 bits per heavy atom. The fourth-order valence-corrected chi connectivity index (χ4v) is 4.89. The van der Waals surface area contributed by atoms with Crippen molar-refractivity contribution < 1.29 is 22.7 Å². The van der Waals surface area contributed by atoms with Crippen molar-refractivity contribution in [3.05, 3.63) is 54.1 Å². The van der Waals surface area contributed by atoms with Crippen molar-refractivity contribution in [3.8, 4) is 0 Å². The molecule has 1 atom stereocenters. The zero-order valence-corrected chi connectivity index (χ0v) is 17.9. The van der Waals surface area contributed by atoms with Crippen LogP contribution in [0, 0.1) is 0 Å². The highest BCUT2D eigenvalue weighted by Crippen LogP contribution is 2.25. The van der Waals surface area contributed by atoms with Gasteiger partial charge in [-0.15, -0.1) is 0 Å². The highest BCUT2D eigenvalue weighted by atomic mass is 32.2. The number of anilines is 2. The van der Waals surface area contributed by atoms with E-state index in [1.807, 2.05) is 0 Å². The van der Waals surface area contributed by atoms with Crippen molar-refractivity contribution in [2.45, 2.75) is 36.7 Å². The molecule has 4 rings (SSSR count). The van der Waals surface area contributed by atoms with Crippen LogP contribution >= 0.6 is 0 Å².